The Morgan fingerprint density at radius 1 is 1.31 bits per heavy atom. The van der Waals surface area contributed by atoms with Gasteiger partial charge in [0.2, 0.25) is 0 Å². The average Bonchev–Trinajstić information content (AvgIpc) is 2.64. The maximum atomic E-state index is 5.90. The van der Waals surface area contributed by atoms with Crippen LogP contribution in [0.3, 0.4) is 0 Å². The summed E-state index contributed by atoms with van der Waals surface area (Å²) in [4.78, 5) is 7.84. The molecule has 0 unspecified atom stereocenters. The second kappa shape index (κ2) is 4.85. The quantitative estimate of drug-likeness (QED) is 0.827. The molecule has 0 saturated heterocycles. The van der Waals surface area contributed by atoms with Crippen LogP contribution in [-0.2, 0) is 6.54 Å². The van der Waals surface area contributed by atoms with Crippen molar-refractivity contribution in [3.63, 3.8) is 0 Å². The van der Waals surface area contributed by atoms with Crippen molar-refractivity contribution in [3.05, 3.63) is 45.2 Å². The molecule has 0 radical (unpaired) electrons. The van der Waals surface area contributed by atoms with Gasteiger partial charge in [-0.1, -0.05) is 17.7 Å². The molecule has 0 aromatic carbocycles. The van der Waals surface area contributed by atoms with Gasteiger partial charge in [0, 0.05) is 17.6 Å². The lowest BCUT2D eigenvalue weighted by Crippen LogP contribution is -2.16. The van der Waals surface area contributed by atoms with E-state index in [9.17, 15) is 0 Å². The van der Waals surface area contributed by atoms with E-state index < -0.39 is 0 Å². The summed E-state index contributed by atoms with van der Waals surface area (Å²) in [6, 6.07) is 10.0. The third-order valence-corrected chi connectivity index (χ3v) is 3.50. The zero-order valence-corrected chi connectivity index (χ0v) is 10.8. The van der Waals surface area contributed by atoms with Crippen molar-refractivity contribution >= 4 is 28.8 Å². The zero-order valence-electron chi connectivity index (χ0n) is 9.27. The summed E-state index contributed by atoms with van der Waals surface area (Å²) in [5.41, 5.74) is 1.04. The van der Waals surface area contributed by atoms with Gasteiger partial charge in [-0.3, -0.25) is 0 Å². The second-order valence-corrected chi connectivity index (χ2v) is 5.50. The molecule has 0 aliphatic heterocycles. The molecule has 0 aliphatic carbocycles. The van der Waals surface area contributed by atoms with E-state index in [0.29, 0.717) is 0 Å². The van der Waals surface area contributed by atoms with Gasteiger partial charge in [0.15, 0.2) is 0 Å². The Balaban J connectivity index is 2.11. The summed E-state index contributed by atoms with van der Waals surface area (Å²) in [6.07, 6.45) is 0. The minimum absolute atomic E-state index is 0.834. The number of rotatable bonds is 3. The van der Waals surface area contributed by atoms with Crippen LogP contribution in [0.5, 0.6) is 0 Å². The Hall–Kier alpha value is -1.06. The van der Waals surface area contributed by atoms with Crippen molar-refractivity contribution in [2.75, 3.05) is 11.9 Å². The number of aryl methyl sites for hydroxylation is 1. The summed E-state index contributed by atoms with van der Waals surface area (Å²) in [7, 11) is 2.04. The number of anilines is 1. The van der Waals surface area contributed by atoms with Gasteiger partial charge in [-0.05, 0) is 31.2 Å². The van der Waals surface area contributed by atoms with E-state index in [1.807, 2.05) is 38.2 Å². The lowest BCUT2D eigenvalue weighted by Gasteiger charge is -2.17. The van der Waals surface area contributed by atoms with E-state index in [0.717, 1.165) is 22.4 Å². The van der Waals surface area contributed by atoms with Crippen molar-refractivity contribution in [1.82, 2.24) is 4.98 Å². The van der Waals surface area contributed by atoms with Crippen LogP contribution in [0.25, 0.3) is 0 Å². The number of hydrogen-bond donors (Lipinski definition) is 0. The molecule has 0 spiro atoms. The lowest BCUT2D eigenvalue weighted by atomic mass is 10.3. The van der Waals surface area contributed by atoms with Crippen molar-refractivity contribution in [2.45, 2.75) is 13.5 Å². The van der Waals surface area contributed by atoms with Gasteiger partial charge in [0.25, 0.3) is 0 Å². The molecule has 0 bridgehead atoms. The summed E-state index contributed by atoms with van der Waals surface area (Å²) in [6.45, 7) is 2.84. The van der Waals surface area contributed by atoms with Crippen molar-refractivity contribution < 1.29 is 0 Å². The first kappa shape index (κ1) is 11.4. The minimum Gasteiger partial charge on any atom is -0.355 e. The lowest BCUT2D eigenvalue weighted by molar-refractivity contribution is 0.906. The summed E-state index contributed by atoms with van der Waals surface area (Å²) < 4.78 is 0.834. The van der Waals surface area contributed by atoms with Crippen LogP contribution in [0, 0.1) is 6.92 Å². The normalized spacial score (nSPS) is 10.4. The maximum Gasteiger partial charge on any atom is 0.128 e. The van der Waals surface area contributed by atoms with E-state index in [1.54, 1.807) is 11.3 Å². The zero-order chi connectivity index (χ0) is 11.5. The fourth-order valence-corrected chi connectivity index (χ4v) is 2.63. The Bertz CT molecular complexity index is 481. The van der Waals surface area contributed by atoms with E-state index in [1.165, 1.54) is 4.88 Å². The third-order valence-electron chi connectivity index (χ3n) is 2.29. The standard InChI is InChI=1S/C12H13ClN2S/c1-9-4-3-5-12(14-9)15(2)8-10-6-7-11(13)16-10/h3-7H,8H2,1-2H3. The van der Waals surface area contributed by atoms with Gasteiger partial charge in [-0.25, -0.2) is 4.98 Å². The van der Waals surface area contributed by atoms with Crippen LogP contribution in [0.1, 0.15) is 10.6 Å². The van der Waals surface area contributed by atoms with Crippen LogP contribution in [0.2, 0.25) is 4.34 Å². The van der Waals surface area contributed by atoms with Crippen molar-refractivity contribution in [3.8, 4) is 0 Å². The molecular formula is C12H13ClN2S. The van der Waals surface area contributed by atoms with Crippen LogP contribution in [0.15, 0.2) is 30.3 Å². The Morgan fingerprint density at radius 2 is 2.12 bits per heavy atom. The van der Waals surface area contributed by atoms with Crippen LogP contribution < -0.4 is 4.90 Å². The molecule has 0 saturated carbocycles. The molecule has 84 valence electrons. The summed E-state index contributed by atoms with van der Waals surface area (Å²) >= 11 is 7.51. The van der Waals surface area contributed by atoms with Crippen molar-refractivity contribution in [1.29, 1.82) is 0 Å². The van der Waals surface area contributed by atoms with Crippen molar-refractivity contribution in [2.24, 2.45) is 0 Å². The van der Waals surface area contributed by atoms with Gasteiger partial charge in [0.1, 0.15) is 5.82 Å². The highest BCUT2D eigenvalue weighted by Gasteiger charge is 2.05. The highest BCUT2D eigenvalue weighted by Crippen LogP contribution is 2.23. The fraction of sp³-hybridized carbons (Fsp3) is 0.250. The second-order valence-electron chi connectivity index (χ2n) is 3.70. The molecular weight excluding hydrogens is 240 g/mol. The van der Waals surface area contributed by atoms with Gasteiger partial charge < -0.3 is 4.90 Å². The number of pyridine rings is 1. The molecule has 0 N–H and O–H groups in total. The topological polar surface area (TPSA) is 16.1 Å². The molecule has 2 heterocycles. The molecule has 16 heavy (non-hydrogen) atoms. The van der Waals surface area contributed by atoms with E-state index in [2.05, 4.69) is 16.0 Å². The predicted molar refractivity (Wildman–Crippen MR) is 70.4 cm³/mol. The first-order chi connectivity index (χ1) is 7.65. The number of nitrogens with zero attached hydrogens (tertiary/aromatic N) is 2. The minimum atomic E-state index is 0.834. The smallest absolute Gasteiger partial charge is 0.128 e. The van der Waals surface area contributed by atoms with E-state index in [4.69, 9.17) is 11.6 Å². The van der Waals surface area contributed by atoms with Gasteiger partial charge in [0.05, 0.1) is 10.9 Å². The molecule has 4 heteroatoms. The number of aromatic nitrogens is 1. The predicted octanol–water partition coefficient (Wildman–Crippen LogP) is 3.74. The Morgan fingerprint density at radius 3 is 2.75 bits per heavy atom. The molecule has 0 atom stereocenters. The number of thiophene rings is 1. The first-order valence-corrected chi connectivity index (χ1v) is 6.23. The molecule has 2 rings (SSSR count). The Kier molecular flexibility index (Phi) is 3.46. The molecule has 0 aliphatic rings. The van der Waals surface area contributed by atoms with Gasteiger partial charge in [-0.15, -0.1) is 11.3 Å². The molecule has 2 aromatic rings. The van der Waals surface area contributed by atoms with Crippen LogP contribution in [0.4, 0.5) is 5.82 Å². The van der Waals surface area contributed by atoms with E-state index >= 15 is 0 Å². The highest BCUT2D eigenvalue weighted by molar-refractivity contribution is 7.16. The SMILES string of the molecule is Cc1cccc(N(C)Cc2ccc(Cl)s2)n1. The molecule has 2 nitrogen and oxygen atoms in total. The third kappa shape index (κ3) is 2.74. The van der Waals surface area contributed by atoms with Crippen LogP contribution >= 0.6 is 22.9 Å². The van der Waals surface area contributed by atoms with E-state index in [-0.39, 0.29) is 0 Å². The maximum absolute atomic E-state index is 5.90. The summed E-state index contributed by atoms with van der Waals surface area (Å²) in [5, 5.41) is 0. The van der Waals surface area contributed by atoms with Gasteiger partial charge in [-0.2, -0.15) is 0 Å². The fourth-order valence-electron chi connectivity index (χ4n) is 1.49. The number of hydrogen-bond acceptors (Lipinski definition) is 3. The average molecular weight is 253 g/mol. The molecule has 2 aromatic heterocycles. The Labute approximate surface area is 105 Å². The first-order valence-electron chi connectivity index (χ1n) is 5.04. The highest BCUT2D eigenvalue weighted by atomic mass is 35.5. The largest absolute Gasteiger partial charge is 0.355 e. The number of halogens is 1. The van der Waals surface area contributed by atoms with Crippen LogP contribution in [-0.4, -0.2) is 12.0 Å². The molecule has 0 amide bonds. The van der Waals surface area contributed by atoms with Gasteiger partial charge >= 0.3 is 0 Å². The molecule has 0 fully saturated rings. The summed E-state index contributed by atoms with van der Waals surface area (Å²) in [5.74, 6) is 0.990. The monoisotopic (exact) mass is 252 g/mol.